The van der Waals surface area contributed by atoms with E-state index in [1.54, 1.807) is 0 Å². The van der Waals surface area contributed by atoms with Gasteiger partial charge in [-0.05, 0) is 31.9 Å². The van der Waals surface area contributed by atoms with Crippen LogP contribution in [0.1, 0.15) is 39.5 Å². The van der Waals surface area contributed by atoms with E-state index in [0.29, 0.717) is 17.2 Å². The summed E-state index contributed by atoms with van der Waals surface area (Å²) in [5.41, 5.74) is 0. The summed E-state index contributed by atoms with van der Waals surface area (Å²) in [4.78, 5) is 0. The van der Waals surface area contributed by atoms with Gasteiger partial charge in [-0.15, -0.1) is 0 Å². The smallest absolute Gasteiger partial charge is 0.0638 e. The lowest BCUT2D eigenvalue weighted by Gasteiger charge is -2.25. The van der Waals surface area contributed by atoms with E-state index in [1.165, 1.54) is 18.6 Å². The Kier molecular flexibility index (Phi) is 4.77. The zero-order chi connectivity index (χ0) is 10.4. The topological polar surface area (TPSA) is 35.8 Å². The van der Waals surface area contributed by atoms with Crippen LogP contribution in [0.25, 0.3) is 0 Å². The number of hydrogen-bond acceptors (Lipinski definition) is 3. The van der Waals surface area contributed by atoms with Crippen molar-refractivity contribution in [2.24, 2.45) is 0 Å². The Morgan fingerprint density at radius 1 is 1.64 bits per heavy atom. The van der Waals surface area contributed by atoms with Crippen LogP contribution in [0.5, 0.6) is 0 Å². The van der Waals surface area contributed by atoms with Crippen LogP contribution < -0.4 is 5.32 Å². The molecule has 2 atom stereocenters. The van der Waals surface area contributed by atoms with Gasteiger partial charge in [0.1, 0.15) is 0 Å². The van der Waals surface area contributed by atoms with E-state index in [1.807, 2.05) is 0 Å². The average molecular weight is 212 g/mol. The summed E-state index contributed by atoms with van der Waals surface area (Å²) in [6.07, 6.45) is 4.34. The maximum atomic E-state index is 8.63. The minimum Gasteiger partial charge on any atom is -0.312 e. The molecule has 3 heteroatoms. The molecular weight excluding hydrogens is 192 g/mol. The predicted octanol–water partition coefficient (Wildman–Crippen LogP) is 2.55. The Morgan fingerprint density at radius 3 is 2.93 bits per heavy atom. The first-order valence-electron chi connectivity index (χ1n) is 5.44. The summed E-state index contributed by atoms with van der Waals surface area (Å²) >= 11 is 2.07. The fraction of sp³-hybridized carbons (Fsp3) is 0.909. The van der Waals surface area contributed by atoms with Crippen molar-refractivity contribution >= 4 is 11.8 Å². The van der Waals surface area contributed by atoms with Crippen molar-refractivity contribution in [1.29, 1.82) is 5.26 Å². The molecule has 0 radical (unpaired) electrons. The van der Waals surface area contributed by atoms with Crippen molar-refractivity contribution in [3.05, 3.63) is 0 Å². The molecule has 1 aliphatic heterocycles. The van der Waals surface area contributed by atoms with Crippen LogP contribution in [0.15, 0.2) is 0 Å². The minimum atomic E-state index is 0.387. The summed E-state index contributed by atoms with van der Waals surface area (Å²) in [6.45, 7) is 5.52. The Morgan fingerprint density at radius 2 is 2.43 bits per heavy atom. The molecule has 14 heavy (non-hydrogen) atoms. The van der Waals surface area contributed by atoms with Gasteiger partial charge in [-0.2, -0.15) is 17.0 Å². The van der Waals surface area contributed by atoms with Gasteiger partial charge >= 0.3 is 0 Å². The molecule has 1 aliphatic rings. The summed E-state index contributed by atoms with van der Waals surface area (Å²) in [7, 11) is 0. The van der Waals surface area contributed by atoms with Crippen LogP contribution in [0.4, 0.5) is 0 Å². The second-order valence-electron chi connectivity index (χ2n) is 4.25. The second kappa shape index (κ2) is 5.63. The molecule has 0 spiro atoms. The Hall–Kier alpha value is -0.200. The van der Waals surface area contributed by atoms with E-state index in [0.717, 1.165) is 13.0 Å². The van der Waals surface area contributed by atoms with E-state index in [-0.39, 0.29) is 0 Å². The van der Waals surface area contributed by atoms with Crippen molar-refractivity contribution in [2.75, 3.05) is 12.3 Å². The van der Waals surface area contributed by atoms with Gasteiger partial charge in [0.15, 0.2) is 0 Å². The maximum Gasteiger partial charge on any atom is 0.0638 e. The maximum absolute atomic E-state index is 8.63. The minimum absolute atomic E-state index is 0.387. The predicted molar refractivity (Wildman–Crippen MR) is 62.4 cm³/mol. The van der Waals surface area contributed by atoms with Crippen molar-refractivity contribution in [2.45, 2.75) is 50.3 Å². The molecule has 1 N–H and O–H groups in total. The highest BCUT2D eigenvalue weighted by Gasteiger charge is 2.29. The summed E-state index contributed by atoms with van der Waals surface area (Å²) in [6, 6.07) is 2.62. The lowest BCUT2D eigenvalue weighted by molar-refractivity contribution is 0.455. The third kappa shape index (κ3) is 3.51. The van der Waals surface area contributed by atoms with Gasteiger partial charge in [0, 0.05) is 17.3 Å². The molecule has 2 unspecified atom stereocenters. The Labute approximate surface area is 91.4 Å². The van der Waals surface area contributed by atoms with Crippen LogP contribution in [-0.2, 0) is 0 Å². The highest BCUT2D eigenvalue weighted by atomic mass is 32.2. The Balaban J connectivity index is 2.27. The van der Waals surface area contributed by atoms with E-state index in [4.69, 9.17) is 5.26 Å². The van der Waals surface area contributed by atoms with Crippen LogP contribution in [0.3, 0.4) is 0 Å². The van der Waals surface area contributed by atoms with Gasteiger partial charge in [-0.3, -0.25) is 0 Å². The molecule has 1 saturated heterocycles. The molecule has 0 saturated carbocycles. The standard InChI is InChI=1S/C11H20N2S/c1-3-10(5-7-12)13-9-11(2)6-4-8-14-11/h10,13H,3-6,8-9H2,1-2H3. The van der Waals surface area contributed by atoms with Crippen molar-refractivity contribution in [3.8, 4) is 6.07 Å². The monoisotopic (exact) mass is 212 g/mol. The van der Waals surface area contributed by atoms with Gasteiger partial charge in [-0.25, -0.2) is 0 Å². The van der Waals surface area contributed by atoms with Crippen molar-refractivity contribution < 1.29 is 0 Å². The van der Waals surface area contributed by atoms with Gasteiger partial charge in [-0.1, -0.05) is 6.92 Å². The lowest BCUT2D eigenvalue weighted by Crippen LogP contribution is -2.39. The zero-order valence-electron chi connectivity index (χ0n) is 9.18. The largest absolute Gasteiger partial charge is 0.312 e. The third-order valence-electron chi connectivity index (χ3n) is 2.90. The summed E-state index contributed by atoms with van der Waals surface area (Å²) < 4.78 is 0.420. The first-order chi connectivity index (χ1) is 6.70. The average Bonchev–Trinajstić information content (AvgIpc) is 2.60. The number of thioether (sulfide) groups is 1. The molecule has 0 amide bonds. The fourth-order valence-electron chi connectivity index (χ4n) is 1.81. The molecule has 0 aromatic carbocycles. The molecule has 1 rings (SSSR count). The zero-order valence-corrected chi connectivity index (χ0v) is 9.99. The first-order valence-corrected chi connectivity index (χ1v) is 6.43. The molecule has 0 aromatic heterocycles. The van der Waals surface area contributed by atoms with Crippen molar-refractivity contribution in [1.82, 2.24) is 5.32 Å². The highest BCUT2D eigenvalue weighted by Crippen LogP contribution is 2.37. The number of hydrogen-bond donors (Lipinski definition) is 1. The highest BCUT2D eigenvalue weighted by molar-refractivity contribution is 8.00. The SMILES string of the molecule is CCC(CC#N)NCC1(C)CCCS1. The molecule has 0 aliphatic carbocycles. The number of nitrogens with one attached hydrogen (secondary N) is 1. The molecule has 0 aromatic rings. The van der Waals surface area contributed by atoms with E-state index in [2.05, 4.69) is 37.0 Å². The van der Waals surface area contributed by atoms with E-state index in [9.17, 15) is 0 Å². The van der Waals surface area contributed by atoms with E-state index >= 15 is 0 Å². The van der Waals surface area contributed by atoms with E-state index < -0.39 is 0 Å². The van der Waals surface area contributed by atoms with Gasteiger partial charge in [0.2, 0.25) is 0 Å². The first kappa shape index (κ1) is 11.9. The summed E-state index contributed by atoms with van der Waals surface area (Å²) in [5, 5.41) is 12.1. The molecular formula is C11H20N2S. The molecule has 1 fully saturated rings. The normalized spacial score (nSPS) is 28.6. The van der Waals surface area contributed by atoms with Gasteiger partial charge in [0.05, 0.1) is 12.5 Å². The number of rotatable bonds is 5. The third-order valence-corrected chi connectivity index (χ3v) is 4.43. The Bertz CT molecular complexity index is 204. The fourth-order valence-corrected chi connectivity index (χ4v) is 3.06. The molecule has 2 nitrogen and oxygen atoms in total. The van der Waals surface area contributed by atoms with Gasteiger partial charge in [0.25, 0.3) is 0 Å². The molecule has 1 heterocycles. The molecule has 80 valence electrons. The number of nitriles is 1. The molecule has 0 bridgehead atoms. The summed E-state index contributed by atoms with van der Waals surface area (Å²) in [5.74, 6) is 1.30. The van der Waals surface area contributed by atoms with Gasteiger partial charge < -0.3 is 5.32 Å². The van der Waals surface area contributed by atoms with Crippen LogP contribution >= 0.6 is 11.8 Å². The quantitative estimate of drug-likeness (QED) is 0.761. The lowest BCUT2D eigenvalue weighted by atomic mass is 10.0. The van der Waals surface area contributed by atoms with Crippen LogP contribution in [-0.4, -0.2) is 23.1 Å². The second-order valence-corrected chi connectivity index (χ2v) is 5.93. The number of nitrogens with zero attached hydrogens (tertiary/aromatic N) is 1. The van der Waals surface area contributed by atoms with Crippen LogP contribution in [0, 0.1) is 11.3 Å². The van der Waals surface area contributed by atoms with Crippen molar-refractivity contribution in [3.63, 3.8) is 0 Å². The van der Waals surface area contributed by atoms with Crippen LogP contribution in [0.2, 0.25) is 0 Å².